The van der Waals surface area contributed by atoms with Gasteiger partial charge in [-0.3, -0.25) is 15.1 Å². The molecule has 1 fully saturated rings. The van der Waals surface area contributed by atoms with Crippen LogP contribution in [-0.4, -0.2) is 23.5 Å². The van der Waals surface area contributed by atoms with Gasteiger partial charge in [0.1, 0.15) is 0 Å². The summed E-state index contributed by atoms with van der Waals surface area (Å²) < 4.78 is 0. The Morgan fingerprint density at radius 1 is 1.29 bits per heavy atom. The van der Waals surface area contributed by atoms with E-state index in [0.29, 0.717) is 11.6 Å². The van der Waals surface area contributed by atoms with Crippen molar-refractivity contribution in [2.75, 3.05) is 6.54 Å². The van der Waals surface area contributed by atoms with E-state index in [2.05, 4.69) is 10.7 Å². The second-order valence-electron chi connectivity index (χ2n) is 3.40. The van der Waals surface area contributed by atoms with Gasteiger partial charge in [0.25, 0.3) is 0 Å². The van der Waals surface area contributed by atoms with E-state index in [1.807, 2.05) is 12.1 Å². The molecule has 1 saturated heterocycles. The molecule has 0 unspecified atom stereocenters. The van der Waals surface area contributed by atoms with Crippen LogP contribution in [0.5, 0.6) is 0 Å². The summed E-state index contributed by atoms with van der Waals surface area (Å²) >= 11 is 5.75. The number of halogens is 1. The minimum Gasteiger partial charge on any atom is -1.00 e. The Balaban J connectivity index is 0.00000144. The van der Waals surface area contributed by atoms with Crippen LogP contribution in [0.2, 0.25) is 5.02 Å². The number of urea groups is 1. The van der Waals surface area contributed by atoms with Crippen molar-refractivity contribution in [2.45, 2.75) is 6.54 Å². The number of benzene rings is 1. The van der Waals surface area contributed by atoms with Crippen molar-refractivity contribution in [3.05, 3.63) is 34.9 Å². The SMILES string of the molecule is O=C1CNN(Cc2ccc(Cl)cc2)C(=O)N1.[H-].[Na+]. The maximum absolute atomic E-state index is 11.4. The van der Waals surface area contributed by atoms with Crippen LogP contribution < -0.4 is 40.3 Å². The molecule has 1 aliphatic heterocycles. The van der Waals surface area contributed by atoms with E-state index in [9.17, 15) is 9.59 Å². The van der Waals surface area contributed by atoms with Crippen molar-refractivity contribution >= 4 is 23.5 Å². The molecule has 5 nitrogen and oxygen atoms in total. The van der Waals surface area contributed by atoms with Gasteiger partial charge in [0.15, 0.2) is 0 Å². The first kappa shape index (κ1) is 14.5. The molecule has 1 aromatic rings. The van der Waals surface area contributed by atoms with Crippen LogP contribution >= 0.6 is 11.6 Å². The number of carbonyl (C=O) groups is 2. The van der Waals surface area contributed by atoms with E-state index < -0.39 is 6.03 Å². The monoisotopic (exact) mass is 263 g/mol. The van der Waals surface area contributed by atoms with Gasteiger partial charge >= 0.3 is 35.6 Å². The quantitative estimate of drug-likeness (QED) is 0.608. The first-order chi connectivity index (χ1) is 7.65. The number of imide groups is 1. The van der Waals surface area contributed by atoms with Crippen LogP contribution in [0.1, 0.15) is 6.99 Å². The van der Waals surface area contributed by atoms with Crippen molar-refractivity contribution in [1.82, 2.24) is 15.8 Å². The fourth-order valence-corrected chi connectivity index (χ4v) is 1.50. The maximum Gasteiger partial charge on any atom is 1.00 e. The molecule has 1 heterocycles. The van der Waals surface area contributed by atoms with E-state index in [1.54, 1.807) is 12.1 Å². The molecule has 0 bridgehead atoms. The fraction of sp³-hybridized carbons (Fsp3) is 0.200. The second kappa shape index (κ2) is 6.37. The van der Waals surface area contributed by atoms with E-state index in [1.165, 1.54) is 5.01 Å². The third kappa shape index (κ3) is 3.97. The summed E-state index contributed by atoms with van der Waals surface area (Å²) in [5, 5.41) is 4.22. The number of nitrogens with zero attached hydrogens (tertiary/aromatic N) is 1. The molecule has 2 rings (SSSR count). The Labute approximate surface area is 127 Å². The number of hydrogen-bond acceptors (Lipinski definition) is 3. The molecule has 17 heavy (non-hydrogen) atoms. The van der Waals surface area contributed by atoms with Gasteiger partial charge in [0.2, 0.25) is 5.91 Å². The third-order valence-corrected chi connectivity index (χ3v) is 2.43. The molecule has 0 aliphatic carbocycles. The predicted molar refractivity (Wildman–Crippen MR) is 59.6 cm³/mol. The second-order valence-corrected chi connectivity index (χ2v) is 3.84. The minimum atomic E-state index is -0.439. The molecule has 3 amide bonds. The molecular formula is C10H11ClN3NaO2. The number of hydrazine groups is 1. The van der Waals surface area contributed by atoms with Gasteiger partial charge in [-0.25, -0.2) is 10.2 Å². The Morgan fingerprint density at radius 3 is 2.53 bits per heavy atom. The summed E-state index contributed by atoms with van der Waals surface area (Å²) in [6.45, 7) is 0.496. The molecule has 0 saturated carbocycles. The minimum absolute atomic E-state index is 0. The van der Waals surface area contributed by atoms with Gasteiger partial charge < -0.3 is 1.43 Å². The van der Waals surface area contributed by atoms with E-state index in [4.69, 9.17) is 11.6 Å². The fourth-order valence-electron chi connectivity index (χ4n) is 1.37. The summed E-state index contributed by atoms with van der Waals surface area (Å²) in [6, 6.07) is 6.72. The van der Waals surface area contributed by atoms with Crippen molar-refractivity contribution in [3.8, 4) is 0 Å². The summed E-state index contributed by atoms with van der Waals surface area (Å²) in [6.07, 6.45) is 0. The van der Waals surface area contributed by atoms with Gasteiger partial charge in [-0.1, -0.05) is 23.7 Å². The van der Waals surface area contributed by atoms with Crippen molar-refractivity contribution < 1.29 is 40.6 Å². The zero-order valence-corrected chi connectivity index (χ0v) is 12.1. The number of rotatable bonds is 2. The van der Waals surface area contributed by atoms with Gasteiger partial charge in [0.05, 0.1) is 13.1 Å². The summed E-state index contributed by atoms with van der Waals surface area (Å²) in [7, 11) is 0. The van der Waals surface area contributed by atoms with Crippen LogP contribution in [0.25, 0.3) is 0 Å². The van der Waals surface area contributed by atoms with Crippen LogP contribution in [-0.2, 0) is 11.3 Å². The smallest absolute Gasteiger partial charge is 1.00 e. The van der Waals surface area contributed by atoms with E-state index in [0.717, 1.165) is 5.56 Å². The first-order valence-corrected chi connectivity index (χ1v) is 5.12. The first-order valence-electron chi connectivity index (χ1n) is 4.74. The number of nitrogens with one attached hydrogen (secondary N) is 2. The van der Waals surface area contributed by atoms with Crippen LogP contribution in [0, 0.1) is 0 Å². The third-order valence-electron chi connectivity index (χ3n) is 2.18. The Bertz CT molecular complexity index is 430. The molecule has 0 aromatic heterocycles. The molecule has 0 atom stereocenters. The van der Waals surface area contributed by atoms with Crippen LogP contribution in [0.3, 0.4) is 0 Å². The molecule has 7 heteroatoms. The molecule has 86 valence electrons. The zero-order valence-electron chi connectivity index (χ0n) is 10.4. The Morgan fingerprint density at radius 2 is 1.94 bits per heavy atom. The molecule has 0 radical (unpaired) electrons. The van der Waals surface area contributed by atoms with Crippen molar-refractivity contribution in [2.24, 2.45) is 0 Å². The number of amides is 3. The number of carbonyl (C=O) groups excluding carboxylic acids is 2. The summed E-state index contributed by atoms with van der Waals surface area (Å²) in [5.41, 5.74) is 3.65. The summed E-state index contributed by atoms with van der Waals surface area (Å²) in [4.78, 5) is 22.3. The average molecular weight is 264 g/mol. The standard InChI is InChI=1S/C10H10ClN3O2.Na.H/c11-8-3-1-7(2-4-8)6-14-10(16)13-9(15)5-12-14;;/h1-4,12H,5-6H2,(H,13,15,16);;/q;+1;-1. The summed E-state index contributed by atoms with van der Waals surface area (Å²) in [5.74, 6) is -0.322. The molecule has 0 spiro atoms. The van der Waals surface area contributed by atoms with Crippen LogP contribution in [0.15, 0.2) is 24.3 Å². The van der Waals surface area contributed by atoms with Crippen LogP contribution in [0.4, 0.5) is 4.79 Å². The molecule has 2 N–H and O–H groups in total. The Hall–Kier alpha value is -0.590. The van der Waals surface area contributed by atoms with E-state index >= 15 is 0 Å². The average Bonchev–Trinajstić information content (AvgIpc) is 2.25. The molecule has 1 aromatic carbocycles. The molecular weight excluding hydrogens is 253 g/mol. The molecule has 1 aliphatic rings. The van der Waals surface area contributed by atoms with Gasteiger partial charge in [0, 0.05) is 5.02 Å². The van der Waals surface area contributed by atoms with E-state index in [-0.39, 0.29) is 43.4 Å². The zero-order chi connectivity index (χ0) is 11.5. The van der Waals surface area contributed by atoms with Gasteiger partial charge in [-0.15, -0.1) is 0 Å². The Kier molecular flexibility index (Phi) is 5.42. The largest absolute Gasteiger partial charge is 1.00 e. The predicted octanol–water partition coefficient (Wildman–Crippen LogP) is -1.99. The van der Waals surface area contributed by atoms with Crippen molar-refractivity contribution in [1.29, 1.82) is 0 Å². The topological polar surface area (TPSA) is 61.4 Å². The van der Waals surface area contributed by atoms with Crippen molar-refractivity contribution in [3.63, 3.8) is 0 Å². The normalized spacial score (nSPS) is 15.2. The number of hydrogen-bond donors (Lipinski definition) is 2. The van der Waals surface area contributed by atoms with Gasteiger partial charge in [-0.05, 0) is 17.7 Å². The maximum atomic E-state index is 11.4. The van der Waals surface area contributed by atoms with Gasteiger partial charge in [-0.2, -0.15) is 0 Å².